The van der Waals surface area contributed by atoms with Crippen LogP contribution in [0.3, 0.4) is 0 Å². The summed E-state index contributed by atoms with van der Waals surface area (Å²) in [5.41, 5.74) is 1.03. The van der Waals surface area contributed by atoms with E-state index in [1.54, 1.807) is 36.0 Å². The Morgan fingerprint density at radius 2 is 1.73 bits per heavy atom. The van der Waals surface area contributed by atoms with Crippen LogP contribution in [0.15, 0.2) is 64.6 Å². The quantitative estimate of drug-likeness (QED) is 0.319. The fourth-order valence-electron chi connectivity index (χ4n) is 2.92. The zero-order valence-corrected chi connectivity index (χ0v) is 19.0. The van der Waals surface area contributed by atoms with Crippen molar-refractivity contribution in [2.24, 2.45) is 0 Å². The third-order valence-corrected chi connectivity index (χ3v) is 7.27. The predicted octanol–water partition coefficient (Wildman–Crippen LogP) is 4.53. The van der Waals surface area contributed by atoms with Crippen molar-refractivity contribution in [1.29, 1.82) is 0 Å². The summed E-state index contributed by atoms with van der Waals surface area (Å²) in [7, 11) is -3.46. The van der Waals surface area contributed by atoms with Crippen LogP contribution in [0.5, 0.6) is 5.75 Å². The molecular formula is C22H27N3O3S2. The van der Waals surface area contributed by atoms with E-state index in [1.165, 1.54) is 0 Å². The first kappa shape index (κ1) is 22.4. The number of hydrogen-bond acceptors (Lipinski definition) is 6. The van der Waals surface area contributed by atoms with Gasteiger partial charge in [-0.3, -0.25) is 0 Å². The summed E-state index contributed by atoms with van der Waals surface area (Å²) in [4.78, 5) is 0.311. The molecule has 1 heterocycles. The minimum atomic E-state index is -3.46. The van der Waals surface area contributed by atoms with Gasteiger partial charge in [0, 0.05) is 12.3 Å². The van der Waals surface area contributed by atoms with Crippen molar-refractivity contribution < 1.29 is 13.2 Å². The number of thioether (sulfide) groups is 1. The van der Waals surface area contributed by atoms with E-state index in [-0.39, 0.29) is 5.75 Å². The van der Waals surface area contributed by atoms with Crippen LogP contribution in [0, 0.1) is 6.92 Å². The molecule has 1 aromatic heterocycles. The molecule has 0 amide bonds. The summed E-state index contributed by atoms with van der Waals surface area (Å²) in [6.07, 6.45) is 1.92. The molecule has 3 aromatic rings. The second-order valence-corrected chi connectivity index (χ2v) is 9.98. The van der Waals surface area contributed by atoms with Crippen LogP contribution in [-0.2, 0) is 22.1 Å². The van der Waals surface area contributed by atoms with Gasteiger partial charge < -0.3 is 9.30 Å². The molecule has 6 nitrogen and oxygen atoms in total. The van der Waals surface area contributed by atoms with Crippen LogP contribution < -0.4 is 4.74 Å². The topological polar surface area (TPSA) is 74.1 Å². The van der Waals surface area contributed by atoms with Crippen molar-refractivity contribution in [3.8, 4) is 5.75 Å². The van der Waals surface area contributed by atoms with Gasteiger partial charge in [-0.2, -0.15) is 0 Å². The molecule has 0 saturated carbocycles. The Hall–Kier alpha value is -2.32. The molecule has 2 aromatic carbocycles. The number of sulfone groups is 1. The zero-order valence-electron chi connectivity index (χ0n) is 17.3. The normalized spacial score (nSPS) is 11.5. The first-order valence-corrected chi connectivity index (χ1v) is 12.7. The highest BCUT2D eigenvalue weighted by molar-refractivity contribution is 7.99. The monoisotopic (exact) mass is 445 g/mol. The number of benzene rings is 2. The molecule has 8 heteroatoms. The van der Waals surface area contributed by atoms with E-state index in [2.05, 4.69) is 10.2 Å². The molecule has 0 aliphatic heterocycles. The number of para-hydroxylation sites is 1. The fourth-order valence-corrected chi connectivity index (χ4v) is 5.21. The standard InChI is InChI=1S/C22H27N3O3S2/c1-3-25-21(17-30(26,27)20-13-11-18(2)12-14-20)23-24-22(25)29-16-8-7-15-28-19-9-5-4-6-10-19/h4-6,9-14H,3,7-8,15-17H2,1-2H3. The van der Waals surface area contributed by atoms with Gasteiger partial charge in [0.25, 0.3) is 0 Å². The maximum atomic E-state index is 12.7. The van der Waals surface area contributed by atoms with Gasteiger partial charge in [0.05, 0.1) is 11.5 Å². The van der Waals surface area contributed by atoms with Gasteiger partial charge in [0.15, 0.2) is 15.0 Å². The summed E-state index contributed by atoms with van der Waals surface area (Å²) in [6.45, 7) is 5.21. The van der Waals surface area contributed by atoms with E-state index >= 15 is 0 Å². The molecule has 160 valence electrons. The van der Waals surface area contributed by atoms with Crippen molar-refractivity contribution in [3.63, 3.8) is 0 Å². The smallest absolute Gasteiger partial charge is 0.191 e. The summed E-state index contributed by atoms with van der Waals surface area (Å²) >= 11 is 1.60. The molecule has 0 spiro atoms. The van der Waals surface area contributed by atoms with Gasteiger partial charge in [0.2, 0.25) is 0 Å². The Kier molecular flexibility index (Phi) is 7.93. The second-order valence-electron chi connectivity index (χ2n) is 6.93. The van der Waals surface area contributed by atoms with Crippen molar-refractivity contribution >= 4 is 21.6 Å². The molecule has 0 N–H and O–H groups in total. The maximum Gasteiger partial charge on any atom is 0.191 e. The summed E-state index contributed by atoms with van der Waals surface area (Å²) < 4.78 is 33.1. The van der Waals surface area contributed by atoms with E-state index in [9.17, 15) is 8.42 Å². The molecular weight excluding hydrogens is 418 g/mol. The Morgan fingerprint density at radius 3 is 2.43 bits per heavy atom. The largest absolute Gasteiger partial charge is 0.494 e. The minimum Gasteiger partial charge on any atom is -0.494 e. The molecule has 30 heavy (non-hydrogen) atoms. The predicted molar refractivity (Wildman–Crippen MR) is 120 cm³/mol. The average Bonchev–Trinajstić information content (AvgIpc) is 3.12. The van der Waals surface area contributed by atoms with E-state index in [0.717, 1.165) is 35.1 Å². The SMILES string of the molecule is CCn1c(CS(=O)(=O)c2ccc(C)cc2)nnc1SCCCCOc1ccccc1. The molecule has 0 aliphatic rings. The van der Waals surface area contributed by atoms with E-state index < -0.39 is 9.84 Å². The number of ether oxygens (including phenoxy) is 1. The van der Waals surface area contributed by atoms with Crippen LogP contribution in [0.1, 0.15) is 31.2 Å². The molecule has 0 radical (unpaired) electrons. The third kappa shape index (κ3) is 6.09. The van der Waals surface area contributed by atoms with Gasteiger partial charge in [-0.05, 0) is 51.0 Å². The number of aryl methyl sites for hydroxylation is 1. The molecule has 0 fully saturated rings. The Bertz CT molecular complexity index is 1030. The number of aromatic nitrogens is 3. The van der Waals surface area contributed by atoms with Gasteiger partial charge in [0.1, 0.15) is 17.3 Å². The number of hydrogen-bond donors (Lipinski definition) is 0. The fraction of sp³-hybridized carbons (Fsp3) is 0.364. The highest BCUT2D eigenvalue weighted by atomic mass is 32.2. The first-order chi connectivity index (χ1) is 14.5. The first-order valence-electron chi connectivity index (χ1n) is 10.0. The van der Waals surface area contributed by atoms with Crippen molar-refractivity contribution in [2.45, 2.75) is 49.0 Å². The minimum absolute atomic E-state index is 0.150. The van der Waals surface area contributed by atoms with Crippen molar-refractivity contribution in [3.05, 3.63) is 66.0 Å². The van der Waals surface area contributed by atoms with Gasteiger partial charge >= 0.3 is 0 Å². The molecule has 0 saturated heterocycles. The van der Waals surface area contributed by atoms with Gasteiger partial charge in [-0.25, -0.2) is 8.42 Å². The Labute approximate surface area is 182 Å². The molecule has 0 aliphatic carbocycles. The lowest BCUT2D eigenvalue weighted by Crippen LogP contribution is -2.11. The van der Waals surface area contributed by atoms with Crippen LogP contribution in [0.25, 0.3) is 0 Å². The lowest BCUT2D eigenvalue weighted by atomic mass is 10.2. The third-order valence-electron chi connectivity index (χ3n) is 4.59. The van der Waals surface area contributed by atoms with Crippen LogP contribution in [0.4, 0.5) is 0 Å². The van der Waals surface area contributed by atoms with Crippen LogP contribution >= 0.6 is 11.8 Å². The Morgan fingerprint density at radius 1 is 1.00 bits per heavy atom. The number of nitrogens with zero attached hydrogens (tertiary/aromatic N) is 3. The molecule has 0 bridgehead atoms. The van der Waals surface area contributed by atoms with E-state index in [1.807, 2.05) is 48.7 Å². The summed E-state index contributed by atoms with van der Waals surface area (Å²) in [5, 5.41) is 9.14. The highest BCUT2D eigenvalue weighted by Gasteiger charge is 2.21. The number of rotatable bonds is 11. The van der Waals surface area contributed by atoms with Gasteiger partial charge in [-0.1, -0.05) is 47.7 Å². The van der Waals surface area contributed by atoms with E-state index in [0.29, 0.717) is 23.9 Å². The second kappa shape index (κ2) is 10.6. The van der Waals surface area contributed by atoms with Crippen molar-refractivity contribution in [2.75, 3.05) is 12.4 Å². The lowest BCUT2D eigenvalue weighted by Gasteiger charge is -2.09. The van der Waals surface area contributed by atoms with Crippen LogP contribution in [0.2, 0.25) is 0 Å². The zero-order chi connectivity index (χ0) is 21.4. The molecule has 0 atom stereocenters. The summed E-state index contributed by atoms with van der Waals surface area (Å²) in [6, 6.07) is 16.7. The van der Waals surface area contributed by atoms with E-state index in [4.69, 9.17) is 4.74 Å². The molecule has 0 unspecified atom stereocenters. The molecule has 3 rings (SSSR count). The van der Waals surface area contributed by atoms with Crippen LogP contribution in [-0.4, -0.2) is 35.5 Å². The average molecular weight is 446 g/mol. The highest BCUT2D eigenvalue weighted by Crippen LogP contribution is 2.22. The van der Waals surface area contributed by atoms with Crippen molar-refractivity contribution in [1.82, 2.24) is 14.8 Å². The maximum absolute atomic E-state index is 12.7. The Balaban J connectivity index is 1.52. The summed E-state index contributed by atoms with van der Waals surface area (Å²) in [5.74, 6) is 2.09. The lowest BCUT2D eigenvalue weighted by molar-refractivity contribution is 0.310. The van der Waals surface area contributed by atoms with Gasteiger partial charge in [-0.15, -0.1) is 10.2 Å². The number of unbranched alkanes of at least 4 members (excludes halogenated alkanes) is 1.